The number of hydrogen-bond donors (Lipinski definition) is 2. The highest BCUT2D eigenvalue weighted by Crippen LogP contribution is 2.10. The van der Waals surface area contributed by atoms with Crippen molar-refractivity contribution in [3.8, 4) is 0 Å². The van der Waals surface area contributed by atoms with Crippen LogP contribution in [0.25, 0.3) is 0 Å². The van der Waals surface area contributed by atoms with Crippen molar-refractivity contribution in [1.29, 1.82) is 0 Å². The molecule has 0 aliphatic rings. The zero-order chi connectivity index (χ0) is 20.6. The second-order valence-electron chi connectivity index (χ2n) is 6.75. The standard InChI is InChI=1S/C21H22ClN5O2/c1-15(12-27-14-23-13-24-27)25-21(29)19(11-16-5-3-2-4-6-16)26-20(28)17-7-9-18(22)10-8-17/h2-10,13-15,19H,11-12H2,1H3,(H,25,29)(H,26,28). The fraction of sp³-hybridized carbons (Fsp3) is 0.238. The first-order valence-corrected chi connectivity index (χ1v) is 9.62. The summed E-state index contributed by atoms with van der Waals surface area (Å²) in [6.45, 7) is 2.36. The molecule has 0 bridgehead atoms. The molecular formula is C21H22ClN5O2. The predicted molar refractivity (Wildman–Crippen MR) is 110 cm³/mol. The highest BCUT2D eigenvalue weighted by atomic mass is 35.5. The van der Waals surface area contributed by atoms with E-state index in [4.69, 9.17) is 11.6 Å². The summed E-state index contributed by atoms with van der Waals surface area (Å²) >= 11 is 5.89. The summed E-state index contributed by atoms with van der Waals surface area (Å²) < 4.78 is 1.64. The summed E-state index contributed by atoms with van der Waals surface area (Å²) in [5.41, 5.74) is 1.39. The number of rotatable bonds is 8. The third-order valence-corrected chi connectivity index (χ3v) is 4.58. The number of nitrogens with zero attached hydrogens (tertiary/aromatic N) is 3. The van der Waals surface area contributed by atoms with Crippen molar-refractivity contribution < 1.29 is 9.59 Å². The number of benzene rings is 2. The first kappa shape index (κ1) is 20.5. The van der Waals surface area contributed by atoms with Crippen molar-refractivity contribution in [2.75, 3.05) is 0 Å². The van der Waals surface area contributed by atoms with E-state index in [2.05, 4.69) is 20.7 Å². The molecule has 0 aliphatic carbocycles. The van der Waals surface area contributed by atoms with Gasteiger partial charge in [-0.15, -0.1) is 0 Å². The number of nitrogens with one attached hydrogen (secondary N) is 2. The average Bonchev–Trinajstić information content (AvgIpc) is 3.21. The molecule has 2 amide bonds. The molecule has 0 aliphatic heterocycles. The number of aromatic nitrogens is 3. The lowest BCUT2D eigenvalue weighted by Crippen LogP contribution is -2.50. The molecule has 0 saturated carbocycles. The molecule has 2 unspecified atom stereocenters. The van der Waals surface area contributed by atoms with E-state index < -0.39 is 6.04 Å². The van der Waals surface area contributed by atoms with Gasteiger partial charge < -0.3 is 10.6 Å². The van der Waals surface area contributed by atoms with Gasteiger partial charge in [0.25, 0.3) is 5.91 Å². The Hall–Kier alpha value is -3.19. The number of carbonyl (C=O) groups excluding carboxylic acids is 2. The first-order valence-electron chi connectivity index (χ1n) is 9.24. The third-order valence-electron chi connectivity index (χ3n) is 4.33. The van der Waals surface area contributed by atoms with Gasteiger partial charge in [-0.25, -0.2) is 4.98 Å². The molecule has 7 nitrogen and oxygen atoms in total. The van der Waals surface area contributed by atoms with Gasteiger partial charge in [0.1, 0.15) is 18.7 Å². The summed E-state index contributed by atoms with van der Waals surface area (Å²) in [7, 11) is 0. The van der Waals surface area contributed by atoms with Crippen LogP contribution in [-0.2, 0) is 17.8 Å². The fourth-order valence-electron chi connectivity index (χ4n) is 2.90. The van der Waals surface area contributed by atoms with E-state index in [0.29, 0.717) is 23.6 Å². The molecular weight excluding hydrogens is 390 g/mol. The van der Waals surface area contributed by atoms with Crippen LogP contribution in [-0.4, -0.2) is 38.7 Å². The van der Waals surface area contributed by atoms with E-state index >= 15 is 0 Å². The maximum atomic E-state index is 12.9. The van der Waals surface area contributed by atoms with Gasteiger partial charge in [-0.2, -0.15) is 5.10 Å². The highest BCUT2D eigenvalue weighted by Gasteiger charge is 2.23. The monoisotopic (exact) mass is 411 g/mol. The largest absolute Gasteiger partial charge is 0.350 e. The van der Waals surface area contributed by atoms with Crippen LogP contribution in [0.4, 0.5) is 0 Å². The normalized spacial score (nSPS) is 12.8. The lowest BCUT2D eigenvalue weighted by Gasteiger charge is -2.21. The Morgan fingerprint density at radius 1 is 1.07 bits per heavy atom. The van der Waals surface area contributed by atoms with E-state index in [0.717, 1.165) is 5.56 Å². The molecule has 1 heterocycles. The van der Waals surface area contributed by atoms with Crippen LogP contribution in [0, 0.1) is 0 Å². The topological polar surface area (TPSA) is 88.9 Å². The van der Waals surface area contributed by atoms with Gasteiger partial charge >= 0.3 is 0 Å². The summed E-state index contributed by atoms with van der Waals surface area (Å²) in [6.07, 6.45) is 3.41. The minimum absolute atomic E-state index is 0.185. The van der Waals surface area contributed by atoms with Crippen molar-refractivity contribution in [1.82, 2.24) is 25.4 Å². The lowest BCUT2D eigenvalue weighted by molar-refractivity contribution is -0.123. The fourth-order valence-corrected chi connectivity index (χ4v) is 3.02. The van der Waals surface area contributed by atoms with Crippen molar-refractivity contribution in [2.24, 2.45) is 0 Å². The number of amides is 2. The van der Waals surface area contributed by atoms with Gasteiger partial charge in [-0.1, -0.05) is 41.9 Å². The van der Waals surface area contributed by atoms with E-state index in [9.17, 15) is 9.59 Å². The second-order valence-corrected chi connectivity index (χ2v) is 7.19. The molecule has 29 heavy (non-hydrogen) atoms. The summed E-state index contributed by atoms with van der Waals surface area (Å²) in [4.78, 5) is 29.5. The molecule has 0 spiro atoms. The van der Waals surface area contributed by atoms with Crippen LogP contribution in [0.3, 0.4) is 0 Å². The Morgan fingerprint density at radius 2 is 1.79 bits per heavy atom. The molecule has 3 aromatic rings. The van der Waals surface area contributed by atoms with E-state index in [-0.39, 0.29) is 17.9 Å². The molecule has 150 valence electrons. The van der Waals surface area contributed by atoms with Crippen molar-refractivity contribution in [2.45, 2.75) is 32.0 Å². The molecule has 2 atom stereocenters. The number of hydrogen-bond acceptors (Lipinski definition) is 4. The zero-order valence-corrected chi connectivity index (χ0v) is 16.7. The van der Waals surface area contributed by atoms with Crippen LogP contribution in [0.1, 0.15) is 22.8 Å². The first-order chi connectivity index (χ1) is 14.0. The molecule has 0 saturated heterocycles. The SMILES string of the molecule is CC(Cn1cncn1)NC(=O)C(Cc1ccccc1)NC(=O)c1ccc(Cl)cc1. The Morgan fingerprint density at radius 3 is 2.45 bits per heavy atom. The van der Waals surface area contributed by atoms with Gasteiger partial charge in [-0.05, 0) is 36.8 Å². The van der Waals surface area contributed by atoms with Gasteiger partial charge in [-0.3, -0.25) is 14.3 Å². The molecule has 8 heteroatoms. The number of halogens is 1. The smallest absolute Gasteiger partial charge is 0.251 e. The van der Waals surface area contributed by atoms with Crippen molar-refractivity contribution >= 4 is 23.4 Å². The Kier molecular flexibility index (Phi) is 6.97. The average molecular weight is 412 g/mol. The summed E-state index contributed by atoms with van der Waals surface area (Å²) in [5.74, 6) is -0.592. The molecule has 0 fully saturated rings. The quantitative estimate of drug-likeness (QED) is 0.596. The maximum Gasteiger partial charge on any atom is 0.251 e. The molecule has 2 N–H and O–H groups in total. The predicted octanol–water partition coefficient (Wildman–Crippen LogP) is 2.48. The van der Waals surface area contributed by atoms with Crippen LogP contribution >= 0.6 is 11.6 Å². The van der Waals surface area contributed by atoms with Crippen LogP contribution < -0.4 is 10.6 Å². The molecule has 3 rings (SSSR count). The van der Waals surface area contributed by atoms with Crippen LogP contribution in [0.15, 0.2) is 67.3 Å². The van der Waals surface area contributed by atoms with Crippen LogP contribution in [0.5, 0.6) is 0 Å². The summed E-state index contributed by atoms with van der Waals surface area (Å²) in [5, 5.41) is 10.4. The van der Waals surface area contributed by atoms with Crippen molar-refractivity contribution in [3.05, 3.63) is 83.4 Å². The van der Waals surface area contributed by atoms with Crippen LogP contribution in [0.2, 0.25) is 5.02 Å². The Balaban J connectivity index is 1.70. The summed E-state index contributed by atoms with van der Waals surface area (Å²) in [6, 6.07) is 15.2. The Labute approximate surface area is 174 Å². The van der Waals surface area contributed by atoms with E-state index in [1.807, 2.05) is 37.3 Å². The molecule has 0 radical (unpaired) electrons. The van der Waals surface area contributed by atoms with E-state index in [1.54, 1.807) is 35.3 Å². The maximum absolute atomic E-state index is 12.9. The lowest BCUT2D eigenvalue weighted by atomic mass is 10.0. The Bertz CT molecular complexity index is 929. The van der Waals surface area contributed by atoms with Gasteiger partial charge in [0.05, 0.1) is 6.54 Å². The minimum Gasteiger partial charge on any atom is -0.350 e. The van der Waals surface area contributed by atoms with Crippen molar-refractivity contribution in [3.63, 3.8) is 0 Å². The second kappa shape index (κ2) is 9.84. The highest BCUT2D eigenvalue weighted by molar-refractivity contribution is 6.30. The van der Waals surface area contributed by atoms with Gasteiger partial charge in [0.15, 0.2) is 0 Å². The van der Waals surface area contributed by atoms with Gasteiger partial charge in [0, 0.05) is 23.0 Å². The number of carbonyl (C=O) groups is 2. The minimum atomic E-state index is -0.723. The molecule has 1 aromatic heterocycles. The van der Waals surface area contributed by atoms with Gasteiger partial charge in [0.2, 0.25) is 5.91 Å². The van der Waals surface area contributed by atoms with E-state index in [1.165, 1.54) is 6.33 Å². The molecule has 2 aromatic carbocycles. The third kappa shape index (κ3) is 6.15. The zero-order valence-electron chi connectivity index (χ0n) is 16.0.